The minimum atomic E-state index is -0.939. The summed E-state index contributed by atoms with van der Waals surface area (Å²) in [5.41, 5.74) is 0.912. The Morgan fingerprint density at radius 2 is 2.17 bits per heavy atom. The Morgan fingerprint density at radius 1 is 1.37 bits per heavy atom. The Kier molecular flexibility index (Phi) is 6.51. The van der Waals surface area contributed by atoms with Crippen molar-refractivity contribution in [2.75, 3.05) is 32.0 Å². The van der Waals surface area contributed by atoms with Crippen LogP contribution >= 0.6 is 22.9 Å². The van der Waals surface area contributed by atoms with Crippen LogP contribution in [0.5, 0.6) is 0 Å². The Morgan fingerprint density at radius 3 is 2.93 bits per heavy atom. The highest BCUT2D eigenvalue weighted by molar-refractivity contribution is 7.22. The summed E-state index contributed by atoms with van der Waals surface area (Å²) < 4.78 is 0.896. The van der Waals surface area contributed by atoms with E-state index in [0.717, 1.165) is 28.5 Å². The summed E-state index contributed by atoms with van der Waals surface area (Å²) in [5.74, 6) is 0.422. The summed E-state index contributed by atoms with van der Waals surface area (Å²) >= 11 is 7.85. The number of carbonyl (C=O) groups is 1. The summed E-state index contributed by atoms with van der Waals surface area (Å²) in [6.07, 6.45) is 6.46. The second-order valence-electron chi connectivity index (χ2n) is 7.84. The Bertz CT molecular complexity index is 1050. The van der Waals surface area contributed by atoms with Crippen LogP contribution in [0.3, 0.4) is 0 Å². The van der Waals surface area contributed by atoms with Crippen molar-refractivity contribution >= 4 is 44.9 Å². The number of carboxylic acids is 1. The number of anilines is 1. The molecule has 0 saturated carbocycles. The summed E-state index contributed by atoms with van der Waals surface area (Å²) in [7, 11) is 2.19. The van der Waals surface area contributed by atoms with Gasteiger partial charge in [0.2, 0.25) is 5.95 Å². The highest BCUT2D eigenvalue weighted by atomic mass is 35.5. The second-order valence-corrected chi connectivity index (χ2v) is 9.33. The highest BCUT2D eigenvalue weighted by Crippen LogP contribution is 2.37. The highest BCUT2D eigenvalue weighted by Gasteiger charge is 2.17. The van der Waals surface area contributed by atoms with Gasteiger partial charge in [0, 0.05) is 16.6 Å². The van der Waals surface area contributed by atoms with E-state index in [0.29, 0.717) is 22.1 Å². The number of halogens is 1. The third-order valence-electron chi connectivity index (χ3n) is 5.68. The smallest absolute Gasteiger partial charge is 0.336 e. The van der Waals surface area contributed by atoms with Crippen molar-refractivity contribution in [3.8, 4) is 10.6 Å². The van der Waals surface area contributed by atoms with Crippen molar-refractivity contribution in [3.63, 3.8) is 0 Å². The van der Waals surface area contributed by atoms with Crippen LogP contribution in [-0.2, 0) is 0 Å². The maximum absolute atomic E-state index is 11.5. The average molecular weight is 445 g/mol. The molecule has 2 N–H and O–H groups in total. The molecule has 4 rings (SSSR count). The lowest BCUT2D eigenvalue weighted by atomic mass is 9.92. The molecule has 158 valence electrons. The largest absolute Gasteiger partial charge is 0.478 e. The first-order chi connectivity index (χ1) is 14.5. The van der Waals surface area contributed by atoms with E-state index in [9.17, 15) is 9.90 Å². The molecule has 3 heterocycles. The SMILES string of the molecule is CN1CCC(CCCNc2ncc(Cl)c(-c3cc4c(C(=O)O)cccc4s3)n2)CC1. The lowest BCUT2D eigenvalue weighted by Gasteiger charge is -2.28. The Balaban J connectivity index is 1.44. The minimum Gasteiger partial charge on any atom is -0.478 e. The molecule has 0 aliphatic carbocycles. The second kappa shape index (κ2) is 9.29. The number of aromatic nitrogens is 2. The van der Waals surface area contributed by atoms with Crippen molar-refractivity contribution in [2.24, 2.45) is 5.92 Å². The predicted octanol–water partition coefficient (Wildman–Crippen LogP) is 5.24. The molecular weight excluding hydrogens is 420 g/mol. The number of piperidine rings is 1. The van der Waals surface area contributed by atoms with Crippen LogP contribution in [0.15, 0.2) is 30.5 Å². The number of hydrogen-bond acceptors (Lipinski definition) is 6. The normalized spacial score (nSPS) is 15.5. The van der Waals surface area contributed by atoms with E-state index in [1.807, 2.05) is 12.1 Å². The summed E-state index contributed by atoms with van der Waals surface area (Å²) in [4.78, 5) is 23.6. The number of rotatable bonds is 7. The molecule has 6 nitrogen and oxygen atoms in total. The lowest BCUT2D eigenvalue weighted by Crippen LogP contribution is -2.30. The van der Waals surface area contributed by atoms with Crippen LogP contribution in [0.25, 0.3) is 20.7 Å². The van der Waals surface area contributed by atoms with Gasteiger partial charge in [-0.05, 0) is 69.9 Å². The average Bonchev–Trinajstić information content (AvgIpc) is 3.17. The quantitative estimate of drug-likeness (QED) is 0.485. The number of nitrogens with zero attached hydrogens (tertiary/aromatic N) is 3. The number of thiophene rings is 1. The monoisotopic (exact) mass is 444 g/mol. The van der Waals surface area contributed by atoms with Gasteiger partial charge in [-0.3, -0.25) is 0 Å². The number of fused-ring (bicyclic) bond motifs is 1. The minimum absolute atomic E-state index is 0.285. The summed E-state index contributed by atoms with van der Waals surface area (Å²) in [5, 5.41) is 13.9. The molecule has 1 fully saturated rings. The van der Waals surface area contributed by atoms with Crippen molar-refractivity contribution in [1.29, 1.82) is 0 Å². The fraction of sp³-hybridized carbons (Fsp3) is 0.409. The molecule has 1 aliphatic rings. The molecule has 2 aromatic heterocycles. The van der Waals surface area contributed by atoms with Gasteiger partial charge in [0.1, 0.15) is 5.69 Å². The van der Waals surface area contributed by atoms with Crippen molar-refractivity contribution in [3.05, 3.63) is 41.0 Å². The molecule has 8 heteroatoms. The third kappa shape index (κ3) is 4.74. The zero-order valence-corrected chi connectivity index (χ0v) is 18.5. The van der Waals surface area contributed by atoms with Crippen LogP contribution in [-0.4, -0.2) is 52.6 Å². The molecule has 0 amide bonds. The lowest BCUT2D eigenvalue weighted by molar-refractivity contribution is 0.0699. The zero-order valence-electron chi connectivity index (χ0n) is 16.9. The van der Waals surface area contributed by atoms with Crippen LogP contribution in [0.2, 0.25) is 5.02 Å². The van der Waals surface area contributed by atoms with Crippen molar-refractivity contribution in [2.45, 2.75) is 25.7 Å². The maximum atomic E-state index is 11.5. The van der Waals surface area contributed by atoms with E-state index in [1.165, 1.54) is 43.7 Å². The topological polar surface area (TPSA) is 78.4 Å². The van der Waals surface area contributed by atoms with Crippen molar-refractivity contribution < 1.29 is 9.90 Å². The number of likely N-dealkylation sites (tertiary alicyclic amines) is 1. The van der Waals surface area contributed by atoms with Gasteiger partial charge in [-0.25, -0.2) is 14.8 Å². The van der Waals surface area contributed by atoms with Gasteiger partial charge < -0.3 is 15.3 Å². The molecule has 0 radical (unpaired) electrons. The van der Waals surface area contributed by atoms with E-state index in [1.54, 1.807) is 18.3 Å². The standard InChI is InChI=1S/C22H25ClN4O2S/c1-27-10-7-14(8-11-27)4-3-9-24-22-25-13-17(23)20(26-22)19-12-16-15(21(28)29)5-2-6-18(16)30-19/h2,5-6,12-14H,3-4,7-11H2,1H3,(H,28,29)(H,24,25,26). The van der Waals surface area contributed by atoms with Gasteiger partial charge in [-0.15, -0.1) is 11.3 Å². The molecule has 1 aliphatic heterocycles. The summed E-state index contributed by atoms with van der Waals surface area (Å²) in [6, 6.07) is 7.12. The van der Waals surface area contributed by atoms with Gasteiger partial charge in [0.15, 0.2) is 0 Å². The van der Waals surface area contributed by atoms with Gasteiger partial charge in [-0.2, -0.15) is 0 Å². The third-order valence-corrected chi connectivity index (χ3v) is 7.06. The Labute approximate surface area is 184 Å². The van der Waals surface area contributed by atoms with E-state index in [2.05, 4.69) is 27.2 Å². The van der Waals surface area contributed by atoms with Gasteiger partial charge >= 0.3 is 5.97 Å². The van der Waals surface area contributed by atoms with E-state index in [4.69, 9.17) is 11.6 Å². The zero-order chi connectivity index (χ0) is 21.1. The van der Waals surface area contributed by atoms with E-state index in [-0.39, 0.29) is 5.56 Å². The molecule has 3 aromatic rings. The Hall–Kier alpha value is -2.22. The first kappa shape index (κ1) is 21.0. The maximum Gasteiger partial charge on any atom is 0.336 e. The van der Waals surface area contributed by atoms with Gasteiger partial charge in [-0.1, -0.05) is 17.7 Å². The van der Waals surface area contributed by atoms with Gasteiger partial charge in [0.25, 0.3) is 0 Å². The van der Waals surface area contributed by atoms with Gasteiger partial charge in [0.05, 0.1) is 21.7 Å². The number of benzene rings is 1. The first-order valence-corrected chi connectivity index (χ1v) is 11.4. The molecule has 1 aromatic carbocycles. The van der Waals surface area contributed by atoms with Crippen molar-refractivity contribution in [1.82, 2.24) is 14.9 Å². The molecule has 0 bridgehead atoms. The molecule has 0 atom stereocenters. The van der Waals surface area contributed by atoms with Crippen LogP contribution < -0.4 is 5.32 Å². The number of carboxylic acid groups (broad SMARTS) is 1. The fourth-order valence-corrected chi connectivity index (χ4v) is 5.27. The predicted molar refractivity (Wildman–Crippen MR) is 123 cm³/mol. The number of hydrogen-bond donors (Lipinski definition) is 2. The summed E-state index contributed by atoms with van der Waals surface area (Å²) in [6.45, 7) is 3.21. The fourth-order valence-electron chi connectivity index (χ4n) is 3.93. The molecule has 0 spiro atoms. The molecule has 30 heavy (non-hydrogen) atoms. The first-order valence-electron chi connectivity index (χ1n) is 10.2. The number of aromatic carboxylic acids is 1. The molecule has 0 unspecified atom stereocenters. The van der Waals surface area contributed by atoms with Crippen LogP contribution in [0, 0.1) is 5.92 Å². The molecule has 1 saturated heterocycles. The van der Waals surface area contributed by atoms with Crippen LogP contribution in [0.1, 0.15) is 36.0 Å². The van der Waals surface area contributed by atoms with Crippen LogP contribution in [0.4, 0.5) is 5.95 Å². The molecular formula is C22H25ClN4O2S. The van der Waals surface area contributed by atoms with E-state index < -0.39 is 5.97 Å². The van der Waals surface area contributed by atoms with E-state index >= 15 is 0 Å². The number of nitrogens with one attached hydrogen (secondary N) is 1.